The number of carbonyl (C=O) groups is 3. The molecule has 0 aromatic heterocycles. The van der Waals surface area contributed by atoms with Crippen LogP contribution in [-0.2, 0) is 39.8 Å². The van der Waals surface area contributed by atoms with Crippen LogP contribution < -0.4 is 5.32 Å². The normalized spacial score (nSPS) is 14.8. The van der Waals surface area contributed by atoms with E-state index in [0.29, 0.717) is 5.56 Å². The first-order valence-corrected chi connectivity index (χ1v) is 12.5. The second kappa shape index (κ2) is 12.3. The van der Waals surface area contributed by atoms with Crippen LogP contribution in [0, 0.1) is 11.3 Å². The maximum Gasteiger partial charge on any atom is 0.340 e. The molecule has 1 aromatic rings. The Kier molecular flexibility index (Phi) is 10.7. The predicted molar refractivity (Wildman–Crippen MR) is 124 cm³/mol. The fourth-order valence-corrected chi connectivity index (χ4v) is 4.46. The Labute approximate surface area is 200 Å². The number of aliphatic hydroxyl groups is 1. The van der Waals surface area contributed by atoms with Crippen LogP contribution in [0.4, 0.5) is 0 Å². The van der Waals surface area contributed by atoms with E-state index in [0.717, 1.165) is 0 Å². The molecule has 0 heterocycles. The fourth-order valence-electron chi connectivity index (χ4n) is 3.37. The summed E-state index contributed by atoms with van der Waals surface area (Å²) in [5.41, 5.74) is -3.67. The third-order valence-corrected chi connectivity index (χ3v) is 6.63. The molecule has 1 amide bonds. The lowest BCUT2D eigenvalue weighted by Crippen LogP contribution is -2.63. The standard InChI is InChI=1S/C23H35NO9S/c1-16(2)20(33-19(26)14-18-10-7-6-8-11-18)23(29,21(27)28)22(4,5)15-32-34(30,31)13-9-12-24-17(3)25/h6-8,10-11,16,20,29H,9,12-15H2,1-5H3,(H,24,25)(H,27,28)/t20?,23-/m1/s1. The maximum atomic E-state index is 12.6. The van der Waals surface area contributed by atoms with E-state index in [1.807, 2.05) is 0 Å². The monoisotopic (exact) mass is 501 g/mol. The van der Waals surface area contributed by atoms with Crippen molar-refractivity contribution in [3.05, 3.63) is 35.9 Å². The molecule has 0 aliphatic rings. The van der Waals surface area contributed by atoms with E-state index in [1.54, 1.807) is 44.2 Å². The lowest BCUT2D eigenvalue weighted by molar-refractivity contribution is -0.213. The van der Waals surface area contributed by atoms with Crippen LogP contribution in [-0.4, -0.2) is 67.1 Å². The molecular weight excluding hydrogens is 466 g/mol. The summed E-state index contributed by atoms with van der Waals surface area (Å²) in [5.74, 6) is -3.72. The fraction of sp³-hybridized carbons (Fsp3) is 0.609. The van der Waals surface area contributed by atoms with Gasteiger partial charge in [-0.25, -0.2) is 4.79 Å². The SMILES string of the molecule is CC(=O)NCCCS(=O)(=O)OCC(C)(C)[C@](O)(C(=O)O)C(OC(=O)Cc1ccccc1)C(C)C. The zero-order valence-electron chi connectivity index (χ0n) is 20.2. The summed E-state index contributed by atoms with van der Waals surface area (Å²) in [6.07, 6.45) is -1.52. The molecule has 10 nitrogen and oxygen atoms in total. The third-order valence-electron chi connectivity index (χ3n) is 5.37. The summed E-state index contributed by atoms with van der Waals surface area (Å²) in [6, 6.07) is 8.69. The second-order valence-electron chi connectivity index (χ2n) is 9.13. The van der Waals surface area contributed by atoms with Gasteiger partial charge >= 0.3 is 11.9 Å². The Bertz CT molecular complexity index is 944. The highest BCUT2D eigenvalue weighted by Crippen LogP contribution is 2.39. The van der Waals surface area contributed by atoms with Gasteiger partial charge in [-0.05, 0) is 17.9 Å². The van der Waals surface area contributed by atoms with E-state index in [1.165, 1.54) is 20.8 Å². The van der Waals surface area contributed by atoms with Crippen LogP contribution in [0.3, 0.4) is 0 Å². The number of ether oxygens (including phenoxy) is 1. The molecule has 192 valence electrons. The Hall–Kier alpha value is -2.50. The summed E-state index contributed by atoms with van der Waals surface area (Å²) in [4.78, 5) is 35.7. The van der Waals surface area contributed by atoms with Crippen molar-refractivity contribution >= 4 is 28.0 Å². The van der Waals surface area contributed by atoms with Gasteiger partial charge in [-0.1, -0.05) is 58.0 Å². The van der Waals surface area contributed by atoms with Crippen molar-refractivity contribution in [2.24, 2.45) is 11.3 Å². The first kappa shape index (κ1) is 29.5. The summed E-state index contributed by atoms with van der Waals surface area (Å²) < 4.78 is 35.0. The number of carboxylic acid groups (broad SMARTS) is 1. The highest BCUT2D eigenvalue weighted by atomic mass is 32.2. The average Bonchev–Trinajstić information content (AvgIpc) is 2.73. The van der Waals surface area contributed by atoms with Crippen LogP contribution in [0.1, 0.15) is 46.6 Å². The summed E-state index contributed by atoms with van der Waals surface area (Å²) in [7, 11) is -4.07. The molecule has 0 spiro atoms. The molecule has 1 rings (SSSR count). The number of benzene rings is 1. The highest BCUT2D eigenvalue weighted by molar-refractivity contribution is 7.86. The van der Waals surface area contributed by atoms with Crippen LogP contribution in [0.15, 0.2) is 30.3 Å². The molecule has 11 heteroatoms. The largest absolute Gasteiger partial charge is 0.479 e. The van der Waals surface area contributed by atoms with Gasteiger partial charge in [-0.15, -0.1) is 0 Å². The maximum absolute atomic E-state index is 12.6. The van der Waals surface area contributed by atoms with Gasteiger partial charge in [0.15, 0.2) is 0 Å². The minimum atomic E-state index is -4.07. The number of rotatable bonds is 14. The average molecular weight is 502 g/mol. The third kappa shape index (κ3) is 8.37. The van der Waals surface area contributed by atoms with E-state index in [9.17, 15) is 33.0 Å². The topological polar surface area (TPSA) is 156 Å². The minimum Gasteiger partial charge on any atom is -0.479 e. The van der Waals surface area contributed by atoms with Crippen LogP contribution >= 0.6 is 0 Å². The van der Waals surface area contributed by atoms with E-state index >= 15 is 0 Å². The summed E-state index contributed by atoms with van der Waals surface area (Å²) in [6.45, 7) is 6.60. The first-order chi connectivity index (χ1) is 15.6. The van der Waals surface area contributed by atoms with E-state index < -0.39 is 57.5 Å². The molecular formula is C23H35NO9S. The van der Waals surface area contributed by atoms with Crippen molar-refractivity contribution in [1.82, 2.24) is 5.32 Å². The van der Waals surface area contributed by atoms with Gasteiger partial charge in [0, 0.05) is 18.9 Å². The molecule has 0 aliphatic heterocycles. The molecule has 0 aliphatic carbocycles. The van der Waals surface area contributed by atoms with Crippen LogP contribution in [0.25, 0.3) is 0 Å². The molecule has 1 aromatic carbocycles. The van der Waals surface area contributed by atoms with Gasteiger partial charge in [-0.2, -0.15) is 8.42 Å². The Morgan fingerprint density at radius 3 is 2.21 bits per heavy atom. The van der Waals surface area contributed by atoms with Crippen molar-refractivity contribution in [3.8, 4) is 0 Å². The summed E-state index contributed by atoms with van der Waals surface area (Å²) in [5, 5.41) is 23.8. The van der Waals surface area contributed by atoms with Gasteiger partial charge in [-0.3, -0.25) is 13.8 Å². The van der Waals surface area contributed by atoms with Gasteiger partial charge in [0.2, 0.25) is 11.5 Å². The summed E-state index contributed by atoms with van der Waals surface area (Å²) >= 11 is 0. The number of aliphatic carboxylic acids is 1. The Morgan fingerprint density at radius 1 is 1.12 bits per heavy atom. The molecule has 0 bridgehead atoms. The smallest absolute Gasteiger partial charge is 0.340 e. The molecule has 1 unspecified atom stereocenters. The van der Waals surface area contributed by atoms with E-state index in [-0.39, 0.29) is 25.3 Å². The number of nitrogens with one attached hydrogen (secondary N) is 1. The molecule has 0 fully saturated rings. The highest BCUT2D eigenvalue weighted by Gasteiger charge is 2.59. The van der Waals surface area contributed by atoms with Crippen molar-refractivity contribution in [2.45, 2.75) is 59.2 Å². The van der Waals surface area contributed by atoms with Crippen molar-refractivity contribution in [2.75, 3.05) is 18.9 Å². The predicted octanol–water partition coefficient (Wildman–Crippen LogP) is 1.51. The van der Waals surface area contributed by atoms with Gasteiger partial charge in [0.05, 0.1) is 18.8 Å². The van der Waals surface area contributed by atoms with Gasteiger partial charge < -0.3 is 20.3 Å². The van der Waals surface area contributed by atoms with Gasteiger partial charge in [0.1, 0.15) is 6.10 Å². The van der Waals surface area contributed by atoms with Crippen molar-refractivity contribution in [3.63, 3.8) is 0 Å². The second-order valence-corrected chi connectivity index (χ2v) is 10.9. The van der Waals surface area contributed by atoms with Crippen LogP contribution in [0.5, 0.6) is 0 Å². The van der Waals surface area contributed by atoms with E-state index in [4.69, 9.17) is 8.92 Å². The molecule has 0 saturated heterocycles. The number of hydrogen-bond acceptors (Lipinski definition) is 8. The van der Waals surface area contributed by atoms with Crippen molar-refractivity contribution < 1.29 is 41.9 Å². The first-order valence-electron chi connectivity index (χ1n) is 10.9. The Balaban J connectivity index is 3.01. The number of esters is 1. The Morgan fingerprint density at radius 2 is 1.71 bits per heavy atom. The van der Waals surface area contributed by atoms with Gasteiger partial charge in [0.25, 0.3) is 10.1 Å². The zero-order chi connectivity index (χ0) is 26.2. The molecule has 0 radical (unpaired) electrons. The lowest BCUT2D eigenvalue weighted by atomic mass is 9.69. The van der Waals surface area contributed by atoms with E-state index in [2.05, 4.69) is 5.32 Å². The quantitative estimate of drug-likeness (QED) is 0.195. The number of hydrogen-bond donors (Lipinski definition) is 3. The number of amides is 1. The minimum absolute atomic E-state index is 0.0945. The molecule has 3 N–H and O–H groups in total. The number of carbonyl (C=O) groups excluding carboxylic acids is 2. The zero-order valence-corrected chi connectivity index (χ0v) is 21.1. The van der Waals surface area contributed by atoms with Crippen LogP contribution in [0.2, 0.25) is 0 Å². The molecule has 2 atom stereocenters. The lowest BCUT2D eigenvalue weighted by Gasteiger charge is -2.44. The van der Waals surface area contributed by atoms with Crippen molar-refractivity contribution in [1.29, 1.82) is 0 Å². The molecule has 34 heavy (non-hydrogen) atoms. The molecule has 0 saturated carbocycles. The number of carboxylic acids is 1.